The largest absolute Gasteiger partial charge is 0.296 e. The Morgan fingerprint density at radius 3 is 2.81 bits per heavy atom. The molecule has 0 aliphatic rings. The summed E-state index contributed by atoms with van der Waals surface area (Å²) in [6.07, 6.45) is 1.62. The van der Waals surface area contributed by atoms with Gasteiger partial charge in [-0.1, -0.05) is 35.6 Å². The van der Waals surface area contributed by atoms with E-state index in [4.69, 9.17) is 0 Å². The van der Waals surface area contributed by atoms with Crippen molar-refractivity contribution in [3.8, 4) is 0 Å². The minimum absolute atomic E-state index is 0.0414. The van der Waals surface area contributed by atoms with Crippen LogP contribution in [-0.2, 0) is 11.2 Å². The number of aromatic nitrogens is 2. The molecule has 0 fully saturated rings. The molecular weight excluding hydrogens is 370 g/mol. The summed E-state index contributed by atoms with van der Waals surface area (Å²) in [5.74, 6) is -0.554. The first-order valence-corrected chi connectivity index (χ1v) is 9.36. The number of aryl methyl sites for hydroxylation is 1. The van der Waals surface area contributed by atoms with Crippen LogP contribution in [0.4, 0.5) is 5.13 Å². The molecule has 7 nitrogen and oxygen atoms in total. The molecule has 0 saturated heterocycles. The van der Waals surface area contributed by atoms with Crippen LogP contribution >= 0.6 is 22.7 Å². The molecule has 0 aliphatic carbocycles. The molecule has 2 N–H and O–H groups in total. The zero-order valence-electron chi connectivity index (χ0n) is 13.8. The van der Waals surface area contributed by atoms with Crippen molar-refractivity contribution in [3.63, 3.8) is 0 Å². The highest BCUT2D eigenvalue weighted by Gasteiger charge is 2.13. The molecule has 132 valence electrons. The van der Waals surface area contributed by atoms with E-state index in [2.05, 4.69) is 26.0 Å². The molecule has 26 heavy (non-hydrogen) atoms. The maximum absolute atomic E-state index is 12.3. The van der Waals surface area contributed by atoms with Crippen LogP contribution in [-0.4, -0.2) is 28.2 Å². The number of amides is 2. The van der Waals surface area contributed by atoms with Crippen LogP contribution in [0.15, 0.2) is 46.9 Å². The molecule has 1 aromatic carbocycles. The van der Waals surface area contributed by atoms with Gasteiger partial charge in [0.25, 0.3) is 5.91 Å². The third-order valence-corrected chi connectivity index (χ3v) is 4.96. The molecule has 0 saturated carbocycles. The van der Waals surface area contributed by atoms with Crippen molar-refractivity contribution < 1.29 is 9.59 Å². The van der Waals surface area contributed by atoms with Gasteiger partial charge in [0.05, 0.1) is 12.6 Å². The lowest BCUT2D eigenvalue weighted by atomic mass is 10.1. The van der Waals surface area contributed by atoms with Gasteiger partial charge in [0.1, 0.15) is 5.01 Å². The normalized spacial score (nSPS) is 10.8. The third kappa shape index (κ3) is 4.80. The molecule has 0 spiro atoms. The highest BCUT2D eigenvalue weighted by atomic mass is 32.1. The minimum Gasteiger partial charge on any atom is -0.296 e. The zero-order chi connectivity index (χ0) is 18.4. The van der Waals surface area contributed by atoms with Gasteiger partial charge in [0.15, 0.2) is 0 Å². The molecule has 3 aromatic rings. The zero-order valence-corrected chi connectivity index (χ0v) is 15.4. The third-order valence-electron chi connectivity index (χ3n) is 3.31. The quantitative estimate of drug-likeness (QED) is 0.504. The van der Waals surface area contributed by atoms with E-state index in [9.17, 15) is 9.59 Å². The fourth-order valence-corrected chi connectivity index (χ4v) is 3.40. The van der Waals surface area contributed by atoms with Crippen LogP contribution in [0, 0.1) is 6.92 Å². The van der Waals surface area contributed by atoms with Gasteiger partial charge in [-0.3, -0.25) is 14.9 Å². The molecule has 2 heterocycles. The van der Waals surface area contributed by atoms with Crippen molar-refractivity contribution in [2.45, 2.75) is 13.3 Å². The van der Waals surface area contributed by atoms with E-state index in [-0.39, 0.29) is 18.2 Å². The first kappa shape index (κ1) is 17.9. The van der Waals surface area contributed by atoms with Crippen molar-refractivity contribution >= 4 is 45.8 Å². The number of carbonyl (C=O) groups excluding carboxylic acids is 2. The number of nitrogens with one attached hydrogen (secondary N) is 2. The van der Waals surface area contributed by atoms with Gasteiger partial charge in [-0.15, -0.1) is 21.5 Å². The Hall–Kier alpha value is -2.91. The van der Waals surface area contributed by atoms with Crippen LogP contribution in [0.1, 0.15) is 25.8 Å². The number of thiophene rings is 1. The number of anilines is 1. The van der Waals surface area contributed by atoms with Crippen molar-refractivity contribution in [2.75, 3.05) is 5.32 Å². The number of rotatable bonds is 6. The Kier molecular flexibility index (Phi) is 5.82. The van der Waals surface area contributed by atoms with E-state index < -0.39 is 0 Å². The van der Waals surface area contributed by atoms with Gasteiger partial charge in [-0.2, -0.15) is 5.10 Å². The Labute approximate surface area is 157 Å². The lowest BCUT2D eigenvalue weighted by Gasteiger charge is -2.03. The van der Waals surface area contributed by atoms with Gasteiger partial charge in [-0.25, -0.2) is 5.43 Å². The van der Waals surface area contributed by atoms with Gasteiger partial charge in [-0.05, 0) is 30.0 Å². The molecular formula is C17H15N5O2S2. The number of carbonyl (C=O) groups is 2. The predicted molar refractivity (Wildman–Crippen MR) is 103 cm³/mol. The molecule has 3 rings (SSSR count). The van der Waals surface area contributed by atoms with Crippen molar-refractivity contribution in [1.29, 1.82) is 0 Å². The summed E-state index contributed by atoms with van der Waals surface area (Å²) >= 11 is 2.68. The van der Waals surface area contributed by atoms with Crippen molar-refractivity contribution in [2.24, 2.45) is 5.10 Å². The minimum atomic E-state index is -0.300. The van der Waals surface area contributed by atoms with Crippen molar-refractivity contribution in [1.82, 2.24) is 15.6 Å². The van der Waals surface area contributed by atoms with Crippen LogP contribution in [0.25, 0.3) is 0 Å². The van der Waals surface area contributed by atoms with E-state index in [1.165, 1.54) is 11.3 Å². The highest BCUT2D eigenvalue weighted by molar-refractivity contribution is 7.15. The summed E-state index contributed by atoms with van der Waals surface area (Å²) in [5.41, 5.74) is 3.89. The molecule has 0 radical (unpaired) electrons. The Bertz CT molecular complexity index is 934. The summed E-state index contributed by atoms with van der Waals surface area (Å²) in [4.78, 5) is 25.1. The van der Waals surface area contributed by atoms with Crippen LogP contribution in [0.3, 0.4) is 0 Å². The molecule has 0 atom stereocenters. The number of hydrogen-bond donors (Lipinski definition) is 2. The Morgan fingerprint density at radius 1 is 1.19 bits per heavy atom. The van der Waals surface area contributed by atoms with Crippen LogP contribution < -0.4 is 10.7 Å². The maximum Gasteiger partial charge on any atom is 0.257 e. The summed E-state index contributed by atoms with van der Waals surface area (Å²) < 4.78 is 0. The second-order valence-electron chi connectivity index (χ2n) is 5.26. The molecule has 0 bridgehead atoms. The van der Waals surface area contributed by atoms with Crippen LogP contribution in [0.5, 0.6) is 0 Å². The van der Waals surface area contributed by atoms with E-state index >= 15 is 0 Å². The second-order valence-corrected chi connectivity index (χ2v) is 7.30. The van der Waals surface area contributed by atoms with Gasteiger partial charge < -0.3 is 0 Å². The lowest BCUT2D eigenvalue weighted by Crippen LogP contribution is -2.19. The maximum atomic E-state index is 12.3. The second kappa shape index (κ2) is 8.45. The summed E-state index contributed by atoms with van der Waals surface area (Å²) in [6, 6.07) is 11.1. The standard InChI is InChI=1S/C17H15N5O2S2/c1-11-5-2-3-7-13(11)16(24)19-17-22-21-15(26-17)9-14(23)20-18-10-12-6-4-8-25-12/h2-8,10H,9H2,1H3,(H,20,23)(H,19,22,24). The average Bonchev–Trinajstić information content (AvgIpc) is 3.27. The monoisotopic (exact) mass is 385 g/mol. The Morgan fingerprint density at radius 2 is 2.04 bits per heavy atom. The van der Waals surface area contributed by atoms with E-state index in [1.807, 2.05) is 36.6 Å². The first-order chi connectivity index (χ1) is 12.6. The number of hydrogen-bond acceptors (Lipinski definition) is 7. The van der Waals surface area contributed by atoms with Crippen molar-refractivity contribution in [3.05, 3.63) is 62.8 Å². The van der Waals surface area contributed by atoms with Gasteiger partial charge in [0.2, 0.25) is 11.0 Å². The van der Waals surface area contributed by atoms with Gasteiger partial charge in [0, 0.05) is 10.4 Å². The first-order valence-electron chi connectivity index (χ1n) is 7.66. The fraction of sp³-hybridized carbons (Fsp3) is 0.118. The SMILES string of the molecule is Cc1ccccc1C(=O)Nc1nnc(CC(=O)NN=Cc2cccs2)s1. The number of benzene rings is 1. The summed E-state index contributed by atoms with van der Waals surface area (Å²) in [6.45, 7) is 1.86. The summed E-state index contributed by atoms with van der Waals surface area (Å²) in [7, 11) is 0. The molecule has 2 aromatic heterocycles. The lowest BCUT2D eigenvalue weighted by molar-refractivity contribution is -0.120. The Balaban J connectivity index is 1.53. The molecule has 9 heteroatoms. The van der Waals surface area contributed by atoms with Gasteiger partial charge >= 0.3 is 0 Å². The number of hydrazone groups is 1. The van der Waals surface area contributed by atoms with E-state index in [1.54, 1.807) is 18.3 Å². The molecule has 0 unspecified atom stereocenters. The predicted octanol–water partition coefficient (Wildman–Crippen LogP) is 2.85. The number of nitrogens with zero attached hydrogens (tertiary/aromatic N) is 3. The molecule has 0 aliphatic heterocycles. The fourth-order valence-electron chi connectivity index (χ4n) is 2.08. The van der Waals surface area contributed by atoms with Crippen LogP contribution in [0.2, 0.25) is 0 Å². The highest BCUT2D eigenvalue weighted by Crippen LogP contribution is 2.17. The van der Waals surface area contributed by atoms with E-state index in [0.717, 1.165) is 21.8 Å². The topological polar surface area (TPSA) is 96.3 Å². The molecule has 2 amide bonds. The van der Waals surface area contributed by atoms with E-state index in [0.29, 0.717) is 15.7 Å². The summed E-state index contributed by atoms with van der Waals surface area (Å²) in [5, 5.41) is 17.2. The average molecular weight is 385 g/mol. The smallest absolute Gasteiger partial charge is 0.257 e.